The lowest BCUT2D eigenvalue weighted by atomic mass is 9.83. The van der Waals surface area contributed by atoms with Gasteiger partial charge in [-0.1, -0.05) is 39.0 Å². The number of hydrogen-bond donors (Lipinski definition) is 0. The molecule has 1 rings (SSSR count). The molecule has 1 aromatic rings. The summed E-state index contributed by atoms with van der Waals surface area (Å²) in [6, 6.07) is 9.73. The van der Waals surface area contributed by atoms with E-state index in [0.717, 1.165) is 11.1 Å². The van der Waals surface area contributed by atoms with E-state index in [9.17, 15) is 4.79 Å². The van der Waals surface area contributed by atoms with Crippen molar-refractivity contribution >= 4 is 5.91 Å². The molecule has 0 bridgehead atoms. The minimum absolute atomic E-state index is 0.0178. The Labute approximate surface area is 109 Å². The Balaban J connectivity index is 3.03. The van der Waals surface area contributed by atoms with Gasteiger partial charge in [0.2, 0.25) is 0 Å². The minimum Gasteiger partial charge on any atom is -0.341 e. The van der Waals surface area contributed by atoms with Gasteiger partial charge in [-0.2, -0.15) is 5.26 Å². The molecule has 0 radical (unpaired) electrons. The molecule has 18 heavy (non-hydrogen) atoms. The third-order valence-electron chi connectivity index (χ3n) is 2.87. The van der Waals surface area contributed by atoms with Crippen molar-refractivity contribution in [2.45, 2.75) is 32.6 Å². The molecular weight excluding hydrogens is 224 g/mol. The van der Waals surface area contributed by atoms with E-state index in [4.69, 9.17) is 5.26 Å². The summed E-state index contributed by atoms with van der Waals surface area (Å²) in [7, 11) is 1.74. The highest BCUT2D eigenvalue weighted by Gasteiger charge is 2.22. The lowest BCUT2D eigenvalue weighted by Crippen LogP contribution is -2.30. The largest absolute Gasteiger partial charge is 0.341 e. The maximum absolute atomic E-state index is 12.3. The van der Waals surface area contributed by atoms with Gasteiger partial charge in [-0.25, -0.2) is 0 Å². The molecule has 0 spiro atoms. The number of nitrogens with zero attached hydrogens (tertiary/aromatic N) is 2. The van der Waals surface area contributed by atoms with Crippen LogP contribution in [-0.2, 0) is 5.41 Å². The van der Waals surface area contributed by atoms with Gasteiger partial charge >= 0.3 is 0 Å². The topological polar surface area (TPSA) is 44.1 Å². The van der Waals surface area contributed by atoms with Crippen molar-refractivity contribution in [3.8, 4) is 6.07 Å². The van der Waals surface area contributed by atoms with E-state index >= 15 is 0 Å². The van der Waals surface area contributed by atoms with Gasteiger partial charge in [0, 0.05) is 19.2 Å². The second-order valence-corrected chi connectivity index (χ2v) is 5.43. The van der Waals surface area contributed by atoms with Gasteiger partial charge < -0.3 is 4.90 Å². The van der Waals surface area contributed by atoms with Crippen LogP contribution in [0.3, 0.4) is 0 Å². The van der Waals surface area contributed by atoms with Crippen LogP contribution in [0.2, 0.25) is 0 Å². The van der Waals surface area contributed by atoms with Gasteiger partial charge in [0.15, 0.2) is 0 Å². The van der Waals surface area contributed by atoms with Crippen molar-refractivity contribution < 1.29 is 4.79 Å². The monoisotopic (exact) mass is 244 g/mol. The summed E-state index contributed by atoms with van der Waals surface area (Å²) in [4.78, 5) is 13.9. The highest BCUT2D eigenvalue weighted by molar-refractivity contribution is 5.95. The molecule has 0 aliphatic rings. The maximum atomic E-state index is 12.3. The van der Waals surface area contributed by atoms with Crippen LogP contribution in [0.4, 0.5) is 0 Å². The quantitative estimate of drug-likeness (QED) is 0.820. The van der Waals surface area contributed by atoms with E-state index in [-0.39, 0.29) is 11.3 Å². The molecular formula is C15H20N2O. The molecule has 3 nitrogen and oxygen atoms in total. The van der Waals surface area contributed by atoms with Gasteiger partial charge in [0.25, 0.3) is 5.91 Å². The van der Waals surface area contributed by atoms with Crippen molar-refractivity contribution in [2.75, 3.05) is 13.6 Å². The van der Waals surface area contributed by atoms with Crippen molar-refractivity contribution in [1.82, 2.24) is 4.90 Å². The number of carbonyl (C=O) groups excluding carboxylic acids is 1. The van der Waals surface area contributed by atoms with E-state index < -0.39 is 0 Å². The molecule has 1 aromatic carbocycles. The van der Waals surface area contributed by atoms with Crippen molar-refractivity contribution in [3.05, 3.63) is 35.4 Å². The molecule has 3 heteroatoms. The Kier molecular flexibility index (Phi) is 4.49. The first-order valence-electron chi connectivity index (χ1n) is 6.10. The molecule has 0 N–H and O–H groups in total. The first-order valence-corrected chi connectivity index (χ1v) is 6.10. The minimum atomic E-state index is -0.0671. The zero-order chi connectivity index (χ0) is 13.8. The summed E-state index contributed by atoms with van der Waals surface area (Å²) in [5, 5.41) is 8.56. The van der Waals surface area contributed by atoms with Gasteiger partial charge in [0.1, 0.15) is 0 Å². The molecule has 0 saturated carbocycles. The summed E-state index contributed by atoms with van der Waals surface area (Å²) in [6.07, 6.45) is 0.361. The van der Waals surface area contributed by atoms with Crippen molar-refractivity contribution in [1.29, 1.82) is 5.26 Å². The number of hydrogen-bond acceptors (Lipinski definition) is 2. The normalized spacial score (nSPS) is 10.8. The Morgan fingerprint density at radius 1 is 1.33 bits per heavy atom. The molecule has 0 heterocycles. The Hall–Kier alpha value is -1.82. The smallest absolute Gasteiger partial charge is 0.253 e. The van der Waals surface area contributed by atoms with E-state index in [0.29, 0.717) is 13.0 Å². The lowest BCUT2D eigenvalue weighted by molar-refractivity contribution is 0.0795. The molecule has 0 atom stereocenters. The maximum Gasteiger partial charge on any atom is 0.253 e. The van der Waals surface area contributed by atoms with Gasteiger partial charge in [0.05, 0.1) is 12.5 Å². The molecule has 0 fully saturated rings. The summed E-state index contributed by atoms with van der Waals surface area (Å²) >= 11 is 0. The summed E-state index contributed by atoms with van der Waals surface area (Å²) in [5.74, 6) is -0.0178. The molecule has 1 amide bonds. The molecule has 0 aliphatic carbocycles. The fourth-order valence-corrected chi connectivity index (χ4v) is 1.85. The first-order chi connectivity index (χ1) is 8.38. The SMILES string of the molecule is CN(CCC#N)C(=O)c1ccccc1C(C)(C)C. The Morgan fingerprint density at radius 2 is 1.94 bits per heavy atom. The fourth-order valence-electron chi connectivity index (χ4n) is 1.85. The highest BCUT2D eigenvalue weighted by Crippen LogP contribution is 2.26. The highest BCUT2D eigenvalue weighted by atomic mass is 16.2. The number of amides is 1. The van der Waals surface area contributed by atoms with E-state index in [1.807, 2.05) is 24.3 Å². The number of rotatable bonds is 3. The predicted octanol–water partition coefficient (Wildman–Crippen LogP) is 2.97. The second kappa shape index (κ2) is 5.68. The summed E-state index contributed by atoms with van der Waals surface area (Å²) in [5.41, 5.74) is 1.70. The average molecular weight is 244 g/mol. The van der Waals surface area contributed by atoms with Crippen molar-refractivity contribution in [3.63, 3.8) is 0 Å². The van der Waals surface area contributed by atoms with Crippen LogP contribution in [0, 0.1) is 11.3 Å². The van der Waals surface area contributed by atoms with Crippen LogP contribution in [0.1, 0.15) is 43.1 Å². The van der Waals surface area contributed by atoms with Crippen LogP contribution in [0.5, 0.6) is 0 Å². The van der Waals surface area contributed by atoms with Crippen LogP contribution < -0.4 is 0 Å². The summed E-state index contributed by atoms with van der Waals surface area (Å²) in [6.45, 7) is 6.74. The van der Waals surface area contributed by atoms with Gasteiger partial charge in [-0.15, -0.1) is 0 Å². The van der Waals surface area contributed by atoms with E-state index in [1.165, 1.54) is 0 Å². The average Bonchev–Trinajstić information content (AvgIpc) is 2.34. The van der Waals surface area contributed by atoms with Gasteiger partial charge in [-0.05, 0) is 17.0 Å². The molecule has 0 aliphatic heterocycles. The third kappa shape index (κ3) is 3.33. The van der Waals surface area contributed by atoms with Crippen LogP contribution in [0.15, 0.2) is 24.3 Å². The standard InChI is InChI=1S/C15H20N2O/c1-15(2,3)13-9-6-5-8-12(13)14(18)17(4)11-7-10-16/h5-6,8-9H,7,11H2,1-4H3. The lowest BCUT2D eigenvalue weighted by Gasteiger charge is -2.24. The predicted molar refractivity (Wildman–Crippen MR) is 72.3 cm³/mol. The molecule has 0 saturated heterocycles. The zero-order valence-electron chi connectivity index (χ0n) is 11.5. The van der Waals surface area contributed by atoms with E-state index in [1.54, 1.807) is 11.9 Å². The number of carbonyl (C=O) groups is 1. The number of benzene rings is 1. The van der Waals surface area contributed by atoms with Crippen molar-refractivity contribution in [2.24, 2.45) is 0 Å². The van der Waals surface area contributed by atoms with Crippen LogP contribution in [-0.4, -0.2) is 24.4 Å². The molecule has 0 unspecified atom stereocenters. The first kappa shape index (κ1) is 14.2. The third-order valence-corrected chi connectivity index (χ3v) is 2.87. The Morgan fingerprint density at radius 3 is 2.50 bits per heavy atom. The van der Waals surface area contributed by atoms with Crippen LogP contribution in [0.25, 0.3) is 0 Å². The van der Waals surface area contributed by atoms with Crippen LogP contribution >= 0.6 is 0 Å². The Bertz CT molecular complexity index is 466. The number of nitriles is 1. The fraction of sp³-hybridized carbons (Fsp3) is 0.467. The molecule has 96 valence electrons. The second-order valence-electron chi connectivity index (χ2n) is 5.43. The zero-order valence-corrected chi connectivity index (χ0v) is 11.5. The van der Waals surface area contributed by atoms with Gasteiger partial charge in [-0.3, -0.25) is 4.79 Å². The molecule has 0 aromatic heterocycles. The summed E-state index contributed by atoms with van der Waals surface area (Å²) < 4.78 is 0. The van der Waals surface area contributed by atoms with E-state index in [2.05, 4.69) is 26.8 Å².